The molecule has 0 spiro atoms. The van der Waals surface area contributed by atoms with Crippen LogP contribution in [0.3, 0.4) is 0 Å². The molecule has 2 aliphatic rings. The second kappa shape index (κ2) is 7.24. The van der Waals surface area contributed by atoms with Gasteiger partial charge in [0.1, 0.15) is 11.9 Å². The quantitative estimate of drug-likeness (QED) is 0.626. The maximum absolute atomic E-state index is 11.7. The van der Waals surface area contributed by atoms with Crippen molar-refractivity contribution in [3.8, 4) is 5.75 Å². The summed E-state index contributed by atoms with van der Waals surface area (Å²) in [5.41, 5.74) is -0.166. The maximum Gasteiger partial charge on any atom is 0.509 e. The summed E-state index contributed by atoms with van der Waals surface area (Å²) in [4.78, 5) is 22.7. The van der Waals surface area contributed by atoms with Crippen LogP contribution in [0.5, 0.6) is 5.75 Å². The van der Waals surface area contributed by atoms with E-state index in [1.54, 1.807) is 18.2 Å². The number of hydrogen-bond acceptors (Lipinski definition) is 7. The number of carbonyl (C=O) groups excluding carboxylic acids is 2. The molecule has 2 heterocycles. The Kier molecular flexibility index (Phi) is 4.88. The maximum atomic E-state index is 11.7. The Morgan fingerprint density at radius 2 is 1.79 bits per heavy atom. The number of benzene rings is 2. The van der Waals surface area contributed by atoms with Gasteiger partial charge in [-0.1, -0.05) is 12.1 Å². The lowest BCUT2D eigenvalue weighted by atomic mass is 9.89. The van der Waals surface area contributed by atoms with Crippen molar-refractivity contribution in [1.82, 2.24) is 0 Å². The zero-order chi connectivity index (χ0) is 20.8. The summed E-state index contributed by atoms with van der Waals surface area (Å²) in [7, 11) is 6.68. The molecule has 0 saturated carbocycles. The fourth-order valence-electron chi connectivity index (χ4n) is 3.82. The average Bonchev–Trinajstić information content (AvgIpc) is 3.02. The van der Waals surface area contributed by atoms with E-state index in [9.17, 15) is 9.59 Å². The van der Waals surface area contributed by atoms with Crippen LogP contribution in [0, 0.1) is 0 Å². The van der Waals surface area contributed by atoms with E-state index in [-0.39, 0.29) is 0 Å². The standard InChI is InChI=1S/C20H20BNO7/c1-20(2)16(25-3)14-15(28-19(24)27-14)17(29-20)26-13-7-5-10-8-12(22-18(21)23)6-4-11(10)9-13/h4-9,14-17H,1-3H3,(H,22,23)/t14-,15+,16+,17+/m0/s1. The van der Waals surface area contributed by atoms with Crippen LogP contribution in [-0.2, 0) is 18.9 Å². The molecule has 4 atom stereocenters. The third kappa shape index (κ3) is 3.75. The summed E-state index contributed by atoms with van der Waals surface area (Å²) in [6.07, 6.45) is -3.51. The highest BCUT2D eigenvalue weighted by molar-refractivity contribution is 6.60. The number of fused-ring (bicyclic) bond motifs is 2. The first-order valence-electron chi connectivity index (χ1n) is 9.11. The normalized spacial score (nSPS) is 27.6. The molecule has 1 amide bonds. The Balaban J connectivity index is 1.58. The van der Waals surface area contributed by atoms with Crippen LogP contribution in [0.1, 0.15) is 13.8 Å². The number of ether oxygens (including phenoxy) is 5. The van der Waals surface area contributed by atoms with Gasteiger partial charge in [0, 0.05) is 12.8 Å². The molecule has 9 heteroatoms. The predicted molar refractivity (Wildman–Crippen MR) is 104 cm³/mol. The lowest BCUT2D eigenvalue weighted by Crippen LogP contribution is -2.62. The van der Waals surface area contributed by atoms with Crippen LogP contribution < -0.4 is 10.1 Å². The minimum Gasteiger partial charge on any atom is -0.461 e. The van der Waals surface area contributed by atoms with Crippen LogP contribution in [-0.4, -0.2) is 57.1 Å². The molecule has 0 bridgehead atoms. The van der Waals surface area contributed by atoms with Crippen molar-refractivity contribution in [3.05, 3.63) is 36.4 Å². The van der Waals surface area contributed by atoms with Crippen molar-refractivity contribution in [2.24, 2.45) is 0 Å². The summed E-state index contributed by atoms with van der Waals surface area (Å²) in [6, 6.07) is 10.8. The summed E-state index contributed by atoms with van der Waals surface area (Å²) < 4.78 is 28.1. The molecule has 29 heavy (non-hydrogen) atoms. The largest absolute Gasteiger partial charge is 0.509 e. The number of anilines is 1. The van der Waals surface area contributed by atoms with Crippen LogP contribution >= 0.6 is 0 Å². The Hall–Kier alpha value is -2.78. The lowest BCUT2D eigenvalue weighted by molar-refractivity contribution is -0.282. The Bertz CT molecular complexity index is 963. The first kappa shape index (κ1) is 19.5. The topological polar surface area (TPSA) is 92.3 Å². The first-order chi connectivity index (χ1) is 13.8. The molecule has 2 aromatic carbocycles. The van der Waals surface area contributed by atoms with Crippen LogP contribution in [0.4, 0.5) is 15.3 Å². The number of methoxy groups -OCH3 is 1. The van der Waals surface area contributed by atoms with E-state index in [0.717, 1.165) is 10.8 Å². The van der Waals surface area contributed by atoms with E-state index in [2.05, 4.69) is 5.32 Å². The van der Waals surface area contributed by atoms with Gasteiger partial charge >= 0.3 is 6.16 Å². The fraction of sp³-hybridized carbons (Fsp3) is 0.400. The van der Waals surface area contributed by atoms with Gasteiger partial charge in [-0.25, -0.2) is 4.79 Å². The summed E-state index contributed by atoms with van der Waals surface area (Å²) in [5.74, 6) is -0.0925. The molecule has 0 aromatic heterocycles. The van der Waals surface area contributed by atoms with Gasteiger partial charge in [-0.3, -0.25) is 4.79 Å². The molecular formula is C20H20BNO7. The number of carbonyl (C=O) groups is 2. The first-order valence-corrected chi connectivity index (χ1v) is 9.11. The molecule has 2 aliphatic heterocycles. The predicted octanol–water partition coefficient (Wildman–Crippen LogP) is 2.97. The van der Waals surface area contributed by atoms with Crippen LogP contribution in [0.25, 0.3) is 10.8 Å². The van der Waals surface area contributed by atoms with Gasteiger partial charge in [-0.05, 0) is 48.9 Å². The third-order valence-corrected chi connectivity index (χ3v) is 5.05. The number of nitrogens with one attached hydrogen (secondary N) is 1. The van der Waals surface area contributed by atoms with Gasteiger partial charge in [0.2, 0.25) is 20.2 Å². The van der Waals surface area contributed by atoms with Crippen molar-refractivity contribution in [2.75, 3.05) is 12.4 Å². The van der Waals surface area contributed by atoms with Gasteiger partial charge in [0.15, 0.2) is 11.9 Å². The smallest absolute Gasteiger partial charge is 0.461 e. The van der Waals surface area contributed by atoms with Crippen LogP contribution in [0.15, 0.2) is 36.4 Å². The molecular weight excluding hydrogens is 377 g/mol. The molecule has 0 aliphatic carbocycles. The molecule has 150 valence electrons. The van der Waals surface area contributed by atoms with Crippen molar-refractivity contribution in [2.45, 2.75) is 44.1 Å². The Morgan fingerprint density at radius 3 is 2.52 bits per heavy atom. The molecule has 2 saturated heterocycles. The molecule has 4 rings (SSSR count). The molecule has 1 N–H and O–H groups in total. The zero-order valence-corrected chi connectivity index (χ0v) is 16.2. The van der Waals surface area contributed by atoms with Gasteiger partial charge in [0.05, 0.1) is 5.60 Å². The molecule has 8 nitrogen and oxygen atoms in total. The van der Waals surface area contributed by atoms with Gasteiger partial charge in [0.25, 0.3) is 0 Å². The van der Waals surface area contributed by atoms with Crippen molar-refractivity contribution in [3.63, 3.8) is 0 Å². The average molecular weight is 397 g/mol. The third-order valence-electron chi connectivity index (χ3n) is 5.05. The van der Waals surface area contributed by atoms with Crippen molar-refractivity contribution < 1.29 is 33.3 Å². The molecule has 2 aromatic rings. The van der Waals surface area contributed by atoms with E-state index in [1.165, 1.54) is 7.11 Å². The van der Waals surface area contributed by atoms with E-state index in [4.69, 9.17) is 31.5 Å². The van der Waals surface area contributed by atoms with Crippen LogP contribution in [0.2, 0.25) is 0 Å². The van der Waals surface area contributed by atoms with E-state index in [1.807, 2.05) is 32.0 Å². The Labute approximate surface area is 168 Å². The second-order valence-electron chi connectivity index (χ2n) is 7.49. The highest BCUT2D eigenvalue weighted by Gasteiger charge is 2.58. The summed E-state index contributed by atoms with van der Waals surface area (Å²) >= 11 is 0. The van der Waals surface area contributed by atoms with E-state index >= 15 is 0 Å². The van der Waals surface area contributed by atoms with E-state index < -0.39 is 42.2 Å². The van der Waals surface area contributed by atoms with Crippen molar-refractivity contribution in [1.29, 1.82) is 0 Å². The minimum atomic E-state index is -0.860. The molecule has 2 radical (unpaired) electrons. The summed E-state index contributed by atoms with van der Waals surface area (Å²) in [5, 5.41) is 4.32. The highest BCUT2D eigenvalue weighted by atomic mass is 16.8. The number of rotatable bonds is 4. The summed E-state index contributed by atoms with van der Waals surface area (Å²) in [6.45, 7) is 3.68. The van der Waals surface area contributed by atoms with E-state index in [0.29, 0.717) is 11.4 Å². The molecule has 2 fully saturated rings. The highest BCUT2D eigenvalue weighted by Crippen LogP contribution is 2.38. The van der Waals surface area contributed by atoms with Gasteiger partial charge < -0.3 is 29.0 Å². The Morgan fingerprint density at radius 1 is 1.10 bits per heavy atom. The zero-order valence-electron chi connectivity index (χ0n) is 16.2. The monoisotopic (exact) mass is 397 g/mol. The SMILES string of the molecule is [B]C(=O)Nc1ccc2cc(O[C@@H]3OC(C)(C)[C@H](OC)[C@H]4OC(=O)O[C@@H]34)ccc2c1. The minimum absolute atomic E-state index is 0.494. The van der Waals surface area contributed by atoms with Gasteiger partial charge in [-0.2, -0.15) is 0 Å². The second-order valence-corrected chi connectivity index (χ2v) is 7.49. The van der Waals surface area contributed by atoms with Crippen molar-refractivity contribution >= 4 is 36.3 Å². The number of amides is 1. The lowest BCUT2D eigenvalue weighted by Gasteiger charge is -2.45. The number of hydrogen-bond donors (Lipinski definition) is 1. The van der Waals surface area contributed by atoms with Gasteiger partial charge in [-0.15, -0.1) is 0 Å². The fourth-order valence-corrected chi connectivity index (χ4v) is 3.82. The molecule has 0 unspecified atom stereocenters.